The molecule has 0 bridgehead atoms. The van der Waals surface area contributed by atoms with Crippen LogP contribution in [0.15, 0.2) is 36.9 Å². The van der Waals surface area contributed by atoms with E-state index in [4.69, 9.17) is 19.9 Å². The third kappa shape index (κ3) is 38.6. The van der Waals surface area contributed by atoms with Crippen LogP contribution in [0.2, 0.25) is 0 Å². The van der Waals surface area contributed by atoms with Crippen molar-refractivity contribution in [1.29, 1.82) is 0 Å². The lowest BCUT2D eigenvalue weighted by atomic mass is 9.89. The number of alkyl carbamates (subject to hydrolysis) is 1. The maximum Gasteiger partial charge on any atom is 0.407 e. The van der Waals surface area contributed by atoms with Gasteiger partial charge in [0.1, 0.15) is 37.1 Å². The number of nitrogens with one attached hydrogen (secondary N) is 5. The Morgan fingerprint density at radius 1 is 0.653 bits per heavy atom. The lowest BCUT2D eigenvalue weighted by Gasteiger charge is -2.41. The summed E-state index contributed by atoms with van der Waals surface area (Å²) in [6.45, 7) is 9.92. The molecule has 20 heteroatoms. The molecule has 1 heterocycles. The first kappa shape index (κ1) is 81.1. The van der Waals surface area contributed by atoms with E-state index in [1.165, 1.54) is 44.9 Å². The van der Waals surface area contributed by atoms with Crippen LogP contribution in [-0.2, 0) is 40.0 Å². The van der Waals surface area contributed by atoms with Crippen LogP contribution in [0.3, 0.4) is 0 Å². The summed E-state index contributed by atoms with van der Waals surface area (Å²) in [4.78, 5) is 77.0. The molecule has 0 spiro atoms. The Morgan fingerprint density at radius 3 is 1.67 bits per heavy atom. The smallest absolute Gasteiger partial charge is 0.407 e. The van der Waals surface area contributed by atoms with E-state index in [0.29, 0.717) is 30.5 Å². The maximum absolute atomic E-state index is 13.6. The molecule has 0 aliphatic carbocycles. The number of rotatable bonds is 37. The number of urea groups is 1. The molecule has 4 unspecified atom stereocenters. The van der Waals surface area contributed by atoms with Gasteiger partial charge in [-0.25, -0.2) is 9.59 Å². The zero-order chi connectivity index (χ0) is 69.7. The van der Waals surface area contributed by atoms with Crippen molar-refractivity contribution in [3.8, 4) is 142 Å². The average molecular weight is 1300 g/mol. The van der Waals surface area contributed by atoms with Crippen molar-refractivity contribution < 1.29 is 68.5 Å². The van der Waals surface area contributed by atoms with Gasteiger partial charge in [-0.3, -0.25) is 19.2 Å². The number of Topliss-reactive ketones (excluding diaryl/α,β-unsaturated/α-hetero) is 1. The molecule has 0 radical (unpaired) electrons. The molecular weight excluding hydrogens is 1210 g/mol. The zero-order valence-corrected chi connectivity index (χ0v) is 54.5. The maximum atomic E-state index is 13.6. The lowest BCUT2D eigenvalue weighted by Crippen LogP contribution is -2.61. The van der Waals surface area contributed by atoms with Crippen LogP contribution in [0, 0.1) is 154 Å². The molecule has 10 atom stereocenters. The summed E-state index contributed by atoms with van der Waals surface area (Å²) in [5.41, 5.74) is 6.06. The Balaban J connectivity index is 2.11. The van der Waals surface area contributed by atoms with E-state index in [-0.39, 0.29) is 56.4 Å². The Hall–Kier alpha value is -9.98. The number of carbonyl (C=O) groups excluding carboxylic acids is 6. The zero-order valence-electron chi connectivity index (χ0n) is 54.5. The van der Waals surface area contributed by atoms with Gasteiger partial charge >= 0.3 is 12.1 Å². The Kier molecular flexibility index (Phi) is 44.0. The summed E-state index contributed by atoms with van der Waals surface area (Å²) in [6, 6.07) is 3.36. The summed E-state index contributed by atoms with van der Waals surface area (Å²) in [5, 5.41) is 68.1. The van der Waals surface area contributed by atoms with Crippen molar-refractivity contribution in [3.63, 3.8) is 0 Å². The predicted molar refractivity (Wildman–Crippen MR) is 361 cm³/mol. The fourth-order valence-electron chi connectivity index (χ4n) is 8.93. The number of aliphatic hydroxyl groups excluding tert-OH is 5. The number of ether oxygens (including phenoxy) is 3. The van der Waals surface area contributed by atoms with Gasteiger partial charge in [0.05, 0.1) is 24.8 Å². The van der Waals surface area contributed by atoms with Crippen molar-refractivity contribution in [3.05, 3.63) is 42.5 Å². The van der Waals surface area contributed by atoms with Gasteiger partial charge in [0, 0.05) is 79.0 Å². The molecule has 500 valence electrons. The molecule has 1 aromatic carbocycles. The molecule has 6 amide bonds. The number of aliphatic hydroxyl groups is 5. The van der Waals surface area contributed by atoms with Crippen molar-refractivity contribution >= 4 is 41.3 Å². The number of unbranched alkanes of at least 4 members (excludes halogenated alkanes) is 11. The number of amides is 6. The van der Waals surface area contributed by atoms with Crippen LogP contribution in [0.5, 0.6) is 0 Å². The summed E-state index contributed by atoms with van der Waals surface area (Å²) in [6.07, 6.45) is 3.41. The highest BCUT2D eigenvalue weighted by Gasteiger charge is 2.45. The fraction of sp³-hybridized carbons (Fsp3) is 0.493. The molecule has 12 N–H and O–H groups in total. The second-order valence-corrected chi connectivity index (χ2v) is 21.8. The van der Waals surface area contributed by atoms with Crippen LogP contribution in [0.1, 0.15) is 149 Å². The standard InChI is InChI=1S/C75H86N6O14/c1-6-9-12-14-16-18-20-22-23-24-25-26-27-28-29-30-31-32-34-36-38-40-42-47-65(84)80-61(68(86)62(82)45-41-39-37-35-33-21-19-17-15-13-10-7-2)56-93-73-71(89)70(88)69(87)64(95-73)54-78-75(92)94-55-58-48-50-60(51-49-58)79-72(90)59(44-43-52-77-74(76)91)53-63(83)67(57(4)5)81-66(85)46-11-8-3/h8,48-51,57,59,61-62,64,67-71,73,82,86-89H,3,7,10-11,13,15,17,19,21,33,35,37,39,41,43-46,52-56H2,1-2,4-5H3,(H,78,92)(H,79,90)(H,80,84)(H,81,85)(H3,76,77,91)/t59?,61-,62+,64?,67?,68-,69-,70-,71?,73-/m0/s1. The third-order valence-electron chi connectivity index (χ3n) is 14.0. The molecular formula is C75H86N6O14. The number of benzene rings is 1. The van der Waals surface area contributed by atoms with Gasteiger partial charge in [0.15, 0.2) is 12.1 Å². The van der Waals surface area contributed by atoms with E-state index in [9.17, 15) is 54.3 Å². The van der Waals surface area contributed by atoms with Crippen LogP contribution in [0.25, 0.3) is 0 Å². The van der Waals surface area contributed by atoms with Crippen LogP contribution in [0.4, 0.5) is 15.3 Å². The first-order valence-corrected chi connectivity index (χ1v) is 31.6. The highest BCUT2D eigenvalue weighted by molar-refractivity contribution is 5.97. The van der Waals surface area contributed by atoms with E-state index in [2.05, 4.69) is 182 Å². The minimum atomic E-state index is -1.85. The van der Waals surface area contributed by atoms with E-state index in [0.717, 1.165) is 25.7 Å². The molecule has 95 heavy (non-hydrogen) atoms. The molecule has 1 aromatic rings. The molecule has 0 saturated carbocycles. The summed E-state index contributed by atoms with van der Waals surface area (Å²) in [5.74, 6) is 56.2. The Morgan fingerprint density at radius 2 is 1.17 bits per heavy atom. The second-order valence-electron chi connectivity index (χ2n) is 21.8. The number of ketones is 1. The Bertz CT molecular complexity index is 3500. The van der Waals surface area contributed by atoms with Crippen LogP contribution in [-0.4, -0.2) is 136 Å². The van der Waals surface area contributed by atoms with Gasteiger partial charge in [-0.2, -0.15) is 0 Å². The normalized spacial score (nSPS) is 15.9. The molecule has 20 nitrogen and oxygen atoms in total. The van der Waals surface area contributed by atoms with Gasteiger partial charge in [0.25, 0.3) is 5.91 Å². The van der Waals surface area contributed by atoms with Crippen molar-refractivity contribution in [2.24, 2.45) is 17.6 Å². The average Bonchev–Trinajstić information content (AvgIpc) is 0.831. The largest absolute Gasteiger partial charge is 0.445 e. The molecule has 0 aromatic heterocycles. The molecule has 1 saturated heterocycles. The second kappa shape index (κ2) is 51.5. The number of allylic oxidation sites excluding steroid dienone is 1. The first-order valence-electron chi connectivity index (χ1n) is 31.6. The van der Waals surface area contributed by atoms with Crippen molar-refractivity contribution in [2.75, 3.05) is 25.0 Å². The first-order chi connectivity index (χ1) is 45.9. The molecule has 1 aliphatic heterocycles. The van der Waals surface area contributed by atoms with Gasteiger partial charge < -0.3 is 72.1 Å². The van der Waals surface area contributed by atoms with Gasteiger partial charge in [-0.15, -0.1) is 6.58 Å². The van der Waals surface area contributed by atoms with Gasteiger partial charge in [0.2, 0.25) is 11.8 Å². The van der Waals surface area contributed by atoms with Crippen molar-refractivity contribution in [2.45, 2.75) is 205 Å². The number of carbonyl (C=O) groups is 6. The predicted octanol–water partition coefficient (Wildman–Crippen LogP) is 4.16. The molecule has 2 rings (SSSR count). The highest BCUT2D eigenvalue weighted by Crippen LogP contribution is 2.24. The van der Waals surface area contributed by atoms with Crippen LogP contribution < -0.4 is 32.3 Å². The lowest BCUT2D eigenvalue weighted by molar-refractivity contribution is -0.297. The summed E-state index contributed by atoms with van der Waals surface area (Å²) in [7, 11) is 0. The number of hydrogen-bond acceptors (Lipinski definition) is 14. The Labute approximate surface area is 560 Å². The quantitative estimate of drug-likeness (QED) is 0.0253. The summed E-state index contributed by atoms with van der Waals surface area (Å²) < 4.78 is 16.9. The monoisotopic (exact) mass is 1290 g/mol. The fourth-order valence-corrected chi connectivity index (χ4v) is 8.93. The van der Waals surface area contributed by atoms with Gasteiger partial charge in [-0.1, -0.05) is 122 Å². The third-order valence-corrected chi connectivity index (χ3v) is 14.0. The SMILES string of the molecule is C=CCCC(=O)NC(C(=O)CC(CCCNC(N)=O)C(=O)Nc1ccc(COC(=O)NCC2O[C@H](OC[C@H](NC(=O)C#CC#CC#CC#CC#CC#CC#CC#CC#CC#CC#CC#CC)[C@H](O)[C@H](O)CCCCCCCCCCCCCC)C(O)[C@@H](O)[C@H]2O)cc1)C(C)C. The van der Waals surface area contributed by atoms with Crippen LogP contribution >= 0.6 is 0 Å². The van der Waals surface area contributed by atoms with E-state index < -0.39 is 98.0 Å². The molecule has 1 fully saturated rings. The highest BCUT2D eigenvalue weighted by atomic mass is 16.7. The number of hydrogen-bond donors (Lipinski definition) is 11. The van der Waals surface area contributed by atoms with E-state index in [1.54, 1.807) is 51.1 Å². The summed E-state index contributed by atoms with van der Waals surface area (Å²) >= 11 is 0. The van der Waals surface area contributed by atoms with Crippen molar-refractivity contribution in [1.82, 2.24) is 21.3 Å². The topological polar surface area (TPSA) is 317 Å². The van der Waals surface area contributed by atoms with E-state index in [1.807, 2.05) is 0 Å². The molecule has 1 aliphatic rings. The van der Waals surface area contributed by atoms with E-state index >= 15 is 0 Å². The van der Waals surface area contributed by atoms with Gasteiger partial charge in [-0.05, 0) is 151 Å². The number of nitrogens with two attached hydrogens (primary N) is 1. The minimum absolute atomic E-state index is 0.156. The number of anilines is 1. The number of primary amides is 1. The minimum Gasteiger partial charge on any atom is -0.445 e.